The molecule has 0 spiro atoms. The van der Waals surface area contributed by atoms with Crippen molar-refractivity contribution in [3.63, 3.8) is 0 Å². The summed E-state index contributed by atoms with van der Waals surface area (Å²) in [6.07, 6.45) is 3.55. The molecule has 8 nitrogen and oxygen atoms in total. The van der Waals surface area contributed by atoms with E-state index < -0.39 is 0 Å². The third-order valence-corrected chi connectivity index (χ3v) is 5.33. The lowest BCUT2D eigenvalue weighted by atomic mass is 10.2. The highest BCUT2D eigenvalue weighted by Crippen LogP contribution is 2.18. The van der Waals surface area contributed by atoms with Gasteiger partial charge in [-0.15, -0.1) is 24.0 Å². The van der Waals surface area contributed by atoms with E-state index in [1.165, 1.54) is 5.56 Å². The predicted octanol–water partition coefficient (Wildman–Crippen LogP) is 2.97. The number of nitrogens with one attached hydrogen (secondary N) is 2. The molecule has 0 bridgehead atoms. The van der Waals surface area contributed by atoms with Gasteiger partial charge in [-0.25, -0.2) is 9.97 Å². The van der Waals surface area contributed by atoms with E-state index in [1.54, 1.807) is 13.3 Å². The van der Waals surface area contributed by atoms with Crippen LogP contribution in [0.2, 0.25) is 0 Å². The van der Waals surface area contributed by atoms with Crippen LogP contribution < -0.4 is 15.5 Å². The van der Waals surface area contributed by atoms with Crippen LogP contribution in [-0.2, 0) is 13.1 Å². The molecule has 1 aliphatic rings. The quantitative estimate of drug-likeness (QED) is 0.279. The zero-order valence-electron chi connectivity index (χ0n) is 18.5. The molecule has 1 aliphatic heterocycles. The van der Waals surface area contributed by atoms with Crippen LogP contribution in [-0.4, -0.2) is 61.1 Å². The van der Waals surface area contributed by atoms with E-state index in [1.807, 2.05) is 42.6 Å². The predicted molar refractivity (Wildman–Crippen MR) is 138 cm³/mol. The van der Waals surface area contributed by atoms with Crippen molar-refractivity contribution >= 4 is 35.8 Å². The molecule has 0 unspecified atom stereocenters. The number of hydrogen-bond donors (Lipinski definition) is 2. The fraction of sp³-hybridized carbons (Fsp3) is 0.348. The SMILES string of the molecule is CN=C(NCc1ccnc(N2CCN(C)CC2)c1)NCc1coc(-c2ccccc2)n1.I. The van der Waals surface area contributed by atoms with Crippen molar-refractivity contribution in [2.24, 2.45) is 4.99 Å². The summed E-state index contributed by atoms with van der Waals surface area (Å²) >= 11 is 0. The minimum atomic E-state index is 0. The normalized spacial score (nSPS) is 14.7. The molecule has 1 aromatic carbocycles. The molecule has 0 radical (unpaired) electrons. The smallest absolute Gasteiger partial charge is 0.226 e. The maximum atomic E-state index is 5.60. The van der Waals surface area contributed by atoms with E-state index in [2.05, 4.69) is 48.5 Å². The summed E-state index contributed by atoms with van der Waals surface area (Å²) in [6.45, 7) is 5.33. The van der Waals surface area contributed by atoms with Gasteiger partial charge in [0.05, 0.1) is 12.2 Å². The molecule has 170 valence electrons. The number of aliphatic imine (C=N–C) groups is 1. The standard InChI is InChI=1S/C23H29N7O.HI/c1-24-23(27-16-20-17-31-22(28-20)19-6-4-3-5-7-19)26-15-18-8-9-25-21(14-18)30-12-10-29(2)11-13-30;/h3-9,14,17H,10-13,15-16H2,1-2H3,(H2,24,26,27);1H. The fourth-order valence-corrected chi connectivity index (χ4v) is 3.46. The maximum Gasteiger partial charge on any atom is 0.226 e. The lowest BCUT2D eigenvalue weighted by molar-refractivity contribution is 0.312. The minimum Gasteiger partial charge on any atom is -0.444 e. The number of halogens is 1. The molecule has 0 saturated carbocycles. The van der Waals surface area contributed by atoms with Crippen LogP contribution in [0.1, 0.15) is 11.3 Å². The Kier molecular flexibility index (Phi) is 8.86. The van der Waals surface area contributed by atoms with E-state index in [4.69, 9.17) is 4.42 Å². The van der Waals surface area contributed by atoms with E-state index in [0.29, 0.717) is 24.9 Å². The Balaban J connectivity index is 0.00000289. The van der Waals surface area contributed by atoms with Gasteiger partial charge < -0.3 is 24.9 Å². The third kappa shape index (κ3) is 6.42. The summed E-state index contributed by atoms with van der Waals surface area (Å²) in [7, 11) is 3.92. The number of oxazole rings is 1. The summed E-state index contributed by atoms with van der Waals surface area (Å²) in [5.74, 6) is 2.36. The second kappa shape index (κ2) is 11.8. The highest BCUT2D eigenvalue weighted by atomic mass is 127. The Morgan fingerprint density at radius 2 is 1.81 bits per heavy atom. The fourth-order valence-electron chi connectivity index (χ4n) is 3.46. The summed E-state index contributed by atoms with van der Waals surface area (Å²) in [4.78, 5) is 18.1. The van der Waals surface area contributed by atoms with Gasteiger partial charge in [0, 0.05) is 51.5 Å². The van der Waals surface area contributed by atoms with Crippen molar-refractivity contribution in [2.45, 2.75) is 13.1 Å². The number of aromatic nitrogens is 2. The Labute approximate surface area is 206 Å². The number of likely N-dealkylation sites (N-methyl/N-ethyl adjacent to an activating group) is 1. The second-order valence-corrected chi connectivity index (χ2v) is 7.60. The van der Waals surface area contributed by atoms with E-state index in [-0.39, 0.29) is 24.0 Å². The maximum absolute atomic E-state index is 5.60. The van der Waals surface area contributed by atoms with Gasteiger partial charge in [-0.1, -0.05) is 18.2 Å². The molecule has 9 heteroatoms. The van der Waals surface area contributed by atoms with Crippen LogP contribution in [0.5, 0.6) is 0 Å². The summed E-state index contributed by atoms with van der Waals surface area (Å²) in [5.41, 5.74) is 2.95. The molecule has 0 amide bonds. The number of hydrogen-bond acceptors (Lipinski definition) is 6. The molecule has 32 heavy (non-hydrogen) atoms. The molecule has 4 rings (SSSR count). The average molecular weight is 547 g/mol. The molecular weight excluding hydrogens is 517 g/mol. The molecule has 3 heterocycles. The number of nitrogens with zero attached hydrogens (tertiary/aromatic N) is 5. The molecular formula is C23H30IN7O. The molecule has 0 aliphatic carbocycles. The average Bonchev–Trinajstić information content (AvgIpc) is 3.30. The Morgan fingerprint density at radius 1 is 1.06 bits per heavy atom. The Bertz CT molecular complexity index is 1000. The van der Waals surface area contributed by atoms with Crippen molar-refractivity contribution < 1.29 is 4.42 Å². The summed E-state index contributed by atoms with van der Waals surface area (Å²) in [5, 5.41) is 6.65. The molecule has 2 aromatic heterocycles. The topological polar surface area (TPSA) is 81.8 Å². The first kappa shape index (κ1) is 24.0. The van der Waals surface area contributed by atoms with Gasteiger partial charge in [0.25, 0.3) is 0 Å². The van der Waals surface area contributed by atoms with Gasteiger partial charge in [0.2, 0.25) is 5.89 Å². The van der Waals surface area contributed by atoms with Crippen molar-refractivity contribution in [3.05, 3.63) is 66.2 Å². The van der Waals surface area contributed by atoms with Gasteiger partial charge >= 0.3 is 0 Å². The summed E-state index contributed by atoms with van der Waals surface area (Å²) < 4.78 is 5.60. The molecule has 3 aromatic rings. The van der Waals surface area contributed by atoms with Crippen LogP contribution >= 0.6 is 24.0 Å². The zero-order chi connectivity index (χ0) is 21.5. The van der Waals surface area contributed by atoms with E-state index in [9.17, 15) is 0 Å². The van der Waals surface area contributed by atoms with Crippen molar-refractivity contribution in [1.82, 2.24) is 25.5 Å². The van der Waals surface area contributed by atoms with Crippen LogP contribution in [0.3, 0.4) is 0 Å². The highest BCUT2D eigenvalue weighted by Gasteiger charge is 2.15. The van der Waals surface area contributed by atoms with Crippen molar-refractivity contribution in [1.29, 1.82) is 0 Å². The van der Waals surface area contributed by atoms with Gasteiger partial charge in [-0.2, -0.15) is 0 Å². The second-order valence-electron chi connectivity index (χ2n) is 7.60. The van der Waals surface area contributed by atoms with Gasteiger partial charge in [-0.05, 0) is 36.9 Å². The zero-order valence-corrected chi connectivity index (χ0v) is 20.8. The summed E-state index contributed by atoms with van der Waals surface area (Å²) in [6, 6.07) is 14.1. The van der Waals surface area contributed by atoms with E-state index >= 15 is 0 Å². The number of rotatable bonds is 6. The molecule has 0 atom stereocenters. The Morgan fingerprint density at radius 3 is 2.56 bits per heavy atom. The van der Waals surface area contributed by atoms with Crippen LogP contribution in [0.25, 0.3) is 11.5 Å². The van der Waals surface area contributed by atoms with Gasteiger partial charge in [0.1, 0.15) is 12.1 Å². The van der Waals surface area contributed by atoms with Gasteiger partial charge in [0.15, 0.2) is 5.96 Å². The lowest BCUT2D eigenvalue weighted by Crippen LogP contribution is -2.44. The highest BCUT2D eigenvalue weighted by molar-refractivity contribution is 14.0. The lowest BCUT2D eigenvalue weighted by Gasteiger charge is -2.33. The van der Waals surface area contributed by atoms with Gasteiger partial charge in [-0.3, -0.25) is 4.99 Å². The number of benzene rings is 1. The first-order valence-corrected chi connectivity index (χ1v) is 10.5. The number of guanidine groups is 1. The minimum absolute atomic E-state index is 0. The van der Waals surface area contributed by atoms with Crippen molar-refractivity contribution in [2.75, 3.05) is 45.2 Å². The number of anilines is 1. The molecule has 2 N–H and O–H groups in total. The largest absolute Gasteiger partial charge is 0.444 e. The monoisotopic (exact) mass is 547 g/mol. The third-order valence-electron chi connectivity index (χ3n) is 5.33. The van der Waals surface area contributed by atoms with E-state index in [0.717, 1.165) is 43.3 Å². The number of piperazine rings is 1. The number of pyridine rings is 1. The molecule has 1 fully saturated rings. The first-order chi connectivity index (χ1) is 15.2. The van der Waals surface area contributed by atoms with Crippen molar-refractivity contribution in [3.8, 4) is 11.5 Å². The van der Waals surface area contributed by atoms with Crippen LogP contribution in [0.4, 0.5) is 5.82 Å². The van der Waals surface area contributed by atoms with Crippen LogP contribution in [0.15, 0.2) is 64.3 Å². The first-order valence-electron chi connectivity index (χ1n) is 10.5. The van der Waals surface area contributed by atoms with Crippen LogP contribution in [0, 0.1) is 0 Å². The molecule has 1 saturated heterocycles. The Hall–Kier alpha value is -2.66.